The van der Waals surface area contributed by atoms with Crippen LogP contribution in [0.1, 0.15) is 134 Å². The van der Waals surface area contributed by atoms with E-state index in [1.807, 2.05) is 0 Å². The summed E-state index contributed by atoms with van der Waals surface area (Å²) in [5, 5.41) is 0. The van der Waals surface area contributed by atoms with Crippen molar-refractivity contribution < 1.29 is 4.74 Å². The van der Waals surface area contributed by atoms with Crippen LogP contribution in [0.5, 0.6) is 5.75 Å². The molecule has 262 valence electrons. The number of allylic oxidation sites excluding steroid dienone is 3. The minimum atomic E-state index is 0.924. The minimum absolute atomic E-state index is 0.924. The molecule has 2 aromatic carbocycles. The van der Waals surface area contributed by atoms with Gasteiger partial charge in [-0.3, -0.25) is 4.90 Å². The van der Waals surface area contributed by atoms with Crippen LogP contribution < -0.4 is 9.64 Å². The fourth-order valence-corrected chi connectivity index (χ4v) is 6.23. The Morgan fingerprint density at radius 1 is 0.766 bits per heavy atom. The molecule has 0 unspecified atom stereocenters. The van der Waals surface area contributed by atoms with Crippen molar-refractivity contribution in [3.8, 4) is 5.75 Å². The molecule has 0 N–H and O–H groups in total. The number of methoxy groups -OCH3 is 1. The zero-order valence-electron chi connectivity index (χ0n) is 31.4. The van der Waals surface area contributed by atoms with E-state index in [-0.39, 0.29) is 0 Å². The number of anilines is 1. The fourth-order valence-electron chi connectivity index (χ4n) is 6.23. The van der Waals surface area contributed by atoms with Crippen LogP contribution in [0.25, 0.3) is 0 Å². The molecule has 0 saturated heterocycles. The first kappa shape index (κ1) is 40.4. The summed E-state index contributed by atoms with van der Waals surface area (Å²) in [7, 11) is 1.74. The fraction of sp³-hybridized carbons (Fsp3) is 0.591. The van der Waals surface area contributed by atoms with Crippen LogP contribution >= 0.6 is 0 Å². The number of ether oxygens (including phenoxy) is 1. The van der Waals surface area contributed by atoms with Gasteiger partial charge in [-0.25, -0.2) is 0 Å². The van der Waals surface area contributed by atoms with Crippen molar-refractivity contribution in [3.05, 3.63) is 95.1 Å². The van der Waals surface area contributed by atoms with Crippen molar-refractivity contribution in [2.45, 2.75) is 137 Å². The van der Waals surface area contributed by atoms with Gasteiger partial charge in [-0.2, -0.15) is 0 Å². The summed E-state index contributed by atoms with van der Waals surface area (Å²) in [4.78, 5) is 5.14. The quantitative estimate of drug-likeness (QED) is 0.0712. The molecule has 2 rings (SSSR count). The molecule has 0 atom stereocenters. The Labute approximate surface area is 291 Å². The molecule has 0 fully saturated rings. The Bertz CT molecular complexity index is 1160. The molecule has 0 saturated carbocycles. The van der Waals surface area contributed by atoms with Crippen LogP contribution in [0, 0.1) is 6.92 Å². The molecular weight excluding hydrogens is 572 g/mol. The number of unbranched alkanes of at least 4 members (excludes halogenated alkanes) is 10. The average Bonchev–Trinajstić information content (AvgIpc) is 3.06. The monoisotopic (exact) mass is 643 g/mol. The van der Waals surface area contributed by atoms with E-state index in [0.717, 1.165) is 44.8 Å². The number of aryl methyl sites for hydroxylation is 2. The highest BCUT2D eigenvalue weighted by Gasteiger charge is 2.11. The van der Waals surface area contributed by atoms with E-state index in [0.29, 0.717) is 0 Å². The van der Waals surface area contributed by atoms with Crippen LogP contribution in [-0.4, -0.2) is 38.2 Å². The lowest BCUT2D eigenvalue weighted by molar-refractivity contribution is 0.323. The summed E-state index contributed by atoms with van der Waals surface area (Å²) < 4.78 is 5.40. The van der Waals surface area contributed by atoms with E-state index in [4.69, 9.17) is 4.74 Å². The lowest BCUT2D eigenvalue weighted by Gasteiger charge is -2.26. The number of hydrogen-bond donors (Lipinski definition) is 0. The minimum Gasteiger partial charge on any atom is -0.497 e. The predicted molar refractivity (Wildman–Crippen MR) is 209 cm³/mol. The van der Waals surface area contributed by atoms with Crippen molar-refractivity contribution in [3.63, 3.8) is 0 Å². The second-order valence-electron chi connectivity index (χ2n) is 13.9. The zero-order chi connectivity index (χ0) is 34.1. The topological polar surface area (TPSA) is 15.7 Å². The summed E-state index contributed by atoms with van der Waals surface area (Å²) in [5.41, 5.74) is 8.58. The largest absolute Gasteiger partial charge is 0.497 e. The molecule has 0 aliphatic heterocycles. The Balaban J connectivity index is 1.81. The van der Waals surface area contributed by atoms with Gasteiger partial charge >= 0.3 is 0 Å². The zero-order valence-corrected chi connectivity index (χ0v) is 31.4. The van der Waals surface area contributed by atoms with E-state index in [1.165, 1.54) is 124 Å². The van der Waals surface area contributed by atoms with Gasteiger partial charge in [0, 0.05) is 31.9 Å². The van der Waals surface area contributed by atoms with Gasteiger partial charge in [-0.05, 0) is 114 Å². The molecule has 2 aromatic rings. The van der Waals surface area contributed by atoms with Gasteiger partial charge < -0.3 is 9.64 Å². The molecule has 0 spiro atoms. The molecule has 0 heterocycles. The van der Waals surface area contributed by atoms with Gasteiger partial charge in [0.25, 0.3) is 0 Å². The van der Waals surface area contributed by atoms with Crippen molar-refractivity contribution >= 4 is 5.69 Å². The van der Waals surface area contributed by atoms with Crippen LogP contribution in [0.2, 0.25) is 0 Å². The summed E-state index contributed by atoms with van der Waals surface area (Å²) >= 11 is 0. The Morgan fingerprint density at radius 3 is 2.09 bits per heavy atom. The Hall–Kier alpha value is -2.78. The van der Waals surface area contributed by atoms with E-state index in [1.54, 1.807) is 7.11 Å². The van der Waals surface area contributed by atoms with Crippen molar-refractivity contribution in [1.82, 2.24) is 4.90 Å². The molecule has 0 amide bonds. The van der Waals surface area contributed by atoms with Gasteiger partial charge in [0.2, 0.25) is 0 Å². The predicted octanol–water partition coefficient (Wildman–Crippen LogP) is 12.4. The van der Waals surface area contributed by atoms with E-state index >= 15 is 0 Å². The van der Waals surface area contributed by atoms with E-state index in [9.17, 15) is 0 Å². The number of benzene rings is 2. The second-order valence-corrected chi connectivity index (χ2v) is 13.9. The summed E-state index contributed by atoms with van der Waals surface area (Å²) in [6.07, 6.45) is 26.1. The third-order valence-corrected chi connectivity index (χ3v) is 9.36. The lowest BCUT2D eigenvalue weighted by atomic mass is 10.00. The highest BCUT2D eigenvalue weighted by atomic mass is 16.5. The smallest absolute Gasteiger partial charge is 0.118 e. The SMILES string of the molecule is C=CCN(C/C=C(\C)CCC=C(C)C)CCCCCCCCc1cc(N(CCCCCCCC)Cc2ccc(OC)cc2)ccc1C. The van der Waals surface area contributed by atoms with Crippen LogP contribution in [0.3, 0.4) is 0 Å². The van der Waals surface area contributed by atoms with Gasteiger partial charge in [0.1, 0.15) is 5.75 Å². The lowest BCUT2D eigenvalue weighted by Crippen LogP contribution is -2.25. The maximum Gasteiger partial charge on any atom is 0.118 e. The van der Waals surface area contributed by atoms with Gasteiger partial charge in [0.15, 0.2) is 0 Å². The summed E-state index contributed by atoms with van der Waals surface area (Å²) in [5.74, 6) is 0.924. The number of rotatable bonds is 27. The maximum atomic E-state index is 5.40. The second kappa shape index (κ2) is 25.3. The molecule has 3 heteroatoms. The first-order chi connectivity index (χ1) is 22.9. The molecule has 0 bridgehead atoms. The van der Waals surface area contributed by atoms with E-state index < -0.39 is 0 Å². The van der Waals surface area contributed by atoms with Crippen molar-refractivity contribution in [1.29, 1.82) is 0 Å². The molecule has 0 aliphatic rings. The summed E-state index contributed by atoms with van der Waals surface area (Å²) in [6.45, 7) is 20.5. The van der Waals surface area contributed by atoms with Crippen LogP contribution in [-0.2, 0) is 13.0 Å². The third-order valence-electron chi connectivity index (χ3n) is 9.36. The molecule has 3 nitrogen and oxygen atoms in total. The van der Waals surface area contributed by atoms with Gasteiger partial charge in [-0.1, -0.05) is 112 Å². The standard InChI is InChI=1S/C44H70N2O/c1-8-10-11-12-17-20-34-46(37-41-26-29-44(47-7)30-27-41)43-28-25-40(6)42(36-43)24-18-15-13-14-16-19-33-45(32-9-2)35-31-39(5)23-21-22-38(3)4/h9,22,25-31,36H,2,8,10-21,23-24,32-35,37H2,1,3-7H3/b39-31+. The average molecular weight is 643 g/mol. The molecule has 0 radical (unpaired) electrons. The van der Waals surface area contributed by atoms with E-state index in [2.05, 4.69) is 112 Å². The Kier molecular flexibility index (Phi) is 21.7. The molecule has 0 aliphatic carbocycles. The third kappa shape index (κ3) is 18.4. The highest BCUT2D eigenvalue weighted by molar-refractivity contribution is 5.51. The first-order valence-electron chi connectivity index (χ1n) is 19.0. The molecular formula is C44H70N2O. The van der Waals surface area contributed by atoms with Crippen LogP contribution in [0.4, 0.5) is 5.69 Å². The highest BCUT2D eigenvalue weighted by Crippen LogP contribution is 2.25. The maximum absolute atomic E-state index is 5.40. The summed E-state index contributed by atoms with van der Waals surface area (Å²) in [6, 6.07) is 15.8. The number of nitrogens with zero attached hydrogens (tertiary/aromatic N) is 2. The molecule has 47 heavy (non-hydrogen) atoms. The molecule has 0 aromatic heterocycles. The van der Waals surface area contributed by atoms with Gasteiger partial charge in [-0.15, -0.1) is 6.58 Å². The van der Waals surface area contributed by atoms with Crippen molar-refractivity contribution in [2.75, 3.05) is 38.2 Å². The Morgan fingerprint density at radius 2 is 1.43 bits per heavy atom. The van der Waals surface area contributed by atoms with Crippen LogP contribution in [0.15, 0.2) is 78.4 Å². The van der Waals surface area contributed by atoms with Crippen molar-refractivity contribution in [2.24, 2.45) is 0 Å². The number of hydrogen-bond acceptors (Lipinski definition) is 3. The normalized spacial score (nSPS) is 11.6. The first-order valence-corrected chi connectivity index (χ1v) is 19.0. The van der Waals surface area contributed by atoms with Gasteiger partial charge in [0.05, 0.1) is 7.11 Å².